The molecule has 1 aromatic heterocycles. The molecule has 0 spiro atoms. The predicted molar refractivity (Wildman–Crippen MR) is 89.0 cm³/mol. The third-order valence-electron chi connectivity index (χ3n) is 2.72. The molecule has 0 saturated heterocycles. The number of thiophene rings is 1. The summed E-state index contributed by atoms with van der Waals surface area (Å²) < 4.78 is 5.14. The predicted octanol–water partition coefficient (Wildman–Crippen LogP) is 4.55. The molecule has 1 N–H and O–H groups in total. The summed E-state index contributed by atoms with van der Waals surface area (Å²) in [5.74, 6) is -0.982. The maximum absolute atomic E-state index is 12.0. The quantitative estimate of drug-likeness (QED) is 0.816. The van der Waals surface area contributed by atoms with Gasteiger partial charge in [-0.2, -0.15) is 0 Å². The number of rotatable bonds is 4. The Morgan fingerprint density at radius 1 is 1.18 bits per heavy atom. The van der Waals surface area contributed by atoms with Gasteiger partial charge in [0.05, 0.1) is 0 Å². The van der Waals surface area contributed by atoms with Crippen LogP contribution >= 0.6 is 34.5 Å². The SMILES string of the molecule is Cc1ccc(C(=O)OC(C)C(=O)Nc2cc(Cl)cc(Cl)c2)s1. The Kier molecular flexibility index (Phi) is 5.45. The van der Waals surface area contributed by atoms with E-state index in [1.54, 1.807) is 24.3 Å². The first kappa shape index (κ1) is 16.8. The Morgan fingerprint density at radius 3 is 2.36 bits per heavy atom. The van der Waals surface area contributed by atoms with Crippen LogP contribution in [-0.4, -0.2) is 18.0 Å². The second-order valence-electron chi connectivity index (χ2n) is 4.61. The van der Waals surface area contributed by atoms with E-state index in [4.69, 9.17) is 27.9 Å². The van der Waals surface area contributed by atoms with Crippen LogP contribution in [0.4, 0.5) is 5.69 Å². The Morgan fingerprint density at radius 2 is 1.82 bits per heavy atom. The van der Waals surface area contributed by atoms with Crippen LogP contribution in [0.5, 0.6) is 0 Å². The highest BCUT2D eigenvalue weighted by Gasteiger charge is 2.20. The number of ether oxygens (including phenoxy) is 1. The van der Waals surface area contributed by atoms with Gasteiger partial charge in [0.1, 0.15) is 4.88 Å². The summed E-state index contributed by atoms with van der Waals surface area (Å²) in [6, 6.07) is 8.16. The molecule has 0 bridgehead atoms. The number of carbonyl (C=O) groups is 2. The van der Waals surface area contributed by atoms with Gasteiger partial charge in [0.15, 0.2) is 6.10 Å². The van der Waals surface area contributed by atoms with Gasteiger partial charge in [-0.05, 0) is 44.2 Å². The van der Waals surface area contributed by atoms with Crippen LogP contribution in [0.25, 0.3) is 0 Å². The summed E-state index contributed by atoms with van der Waals surface area (Å²) in [4.78, 5) is 25.4. The molecule has 2 aromatic rings. The van der Waals surface area contributed by atoms with E-state index in [-0.39, 0.29) is 0 Å². The molecule has 0 aliphatic carbocycles. The lowest BCUT2D eigenvalue weighted by atomic mass is 10.3. The lowest BCUT2D eigenvalue weighted by Gasteiger charge is -2.13. The molecule has 0 fully saturated rings. The van der Waals surface area contributed by atoms with E-state index < -0.39 is 18.0 Å². The molecule has 0 radical (unpaired) electrons. The Labute approximate surface area is 142 Å². The van der Waals surface area contributed by atoms with Gasteiger partial charge in [0.25, 0.3) is 5.91 Å². The first-order chi connectivity index (χ1) is 10.3. The van der Waals surface area contributed by atoms with E-state index in [0.717, 1.165) is 4.88 Å². The fourth-order valence-corrected chi connectivity index (χ4v) is 2.96. The normalized spacial score (nSPS) is 11.8. The second-order valence-corrected chi connectivity index (χ2v) is 6.77. The first-order valence-electron chi connectivity index (χ1n) is 6.39. The van der Waals surface area contributed by atoms with Gasteiger partial charge in [-0.15, -0.1) is 11.3 Å². The monoisotopic (exact) mass is 357 g/mol. The summed E-state index contributed by atoms with van der Waals surface area (Å²) in [5.41, 5.74) is 0.442. The topological polar surface area (TPSA) is 55.4 Å². The Hall–Kier alpha value is -1.56. The molecule has 1 aromatic carbocycles. The van der Waals surface area contributed by atoms with Gasteiger partial charge in [-0.25, -0.2) is 4.79 Å². The molecule has 1 atom stereocenters. The molecule has 0 saturated carbocycles. The molecule has 116 valence electrons. The maximum Gasteiger partial charge on any atom is 0.349 e. The highest BCUT2D eigenvalue weighted by atomic mass is 35.5. The van der Waals surface area contributed by atoms with Crippen molar-refractivity contribution in [1.82, 2.24) is 0 Å². The van der Waals surface area contributed by atoms with E-state index in [0.29, 0.717) is 20.6 Å². The van der Waals surface area contributed by atoms with E-state index in [1.807, 2.05) is 13.0 Å². The van der Waals surface area contributed by atoms with Crippen molar-refractivity contribution >= 4 is 52.1 Å². The number of amides is 1. The highest BCUT2D eigenvalue weighted by molar-refractivity contribution is 7.13. The first-order valence-corrected chi connectivity index (χ1v) is 7.97. The largest absolute Gasteiger partial charge is 0.448 e. The van der Waals surface area contributed by atoms with E-state index >= 15 is 0 Å². The zero-order valence-corrected chi connectivity index (χ0v) is 14.2. The summed E-state index contributed by atoms with van der Waals surface area (Å²) in [7, 11) is 0. The van der Waals surface area contributed by atoms with Crippen LogP contribution in [0.1, 0.15) is 21.5 Å². The fourth-order valence-electron chi connectivity index (χ4n) is 1.69. The summed E-state index contributed by atoms with van der Waals surface area (Å²) in [6.07, 6.45) is -0.937. The molecule has 4 nitrogen and oxygen atoms in total. The van der Waals surface area contributed by atoms with Crippen molar-refractivity contribution in [2.75, 3.05) is 5.32 Å². The van der Waals surface area contributed by atoms with Crippen molar-refractivity contribution in [3.8, 4) is 0 Å². The van der Waals surface area contributed by atoms with E-state index in [9.17, 15) is 9.59 Å². The zero-order valence-electron chi connectivity index (χ0n) is 11.9. The number of esters is 1. The second kappa shape index (κ2) is 7.13. The number of hydrogen-bond acceptors (Lipinski definition) is 4. The molecule has 1 unspecified atom stereocenters. The van der Waals surface area contributed by atoms with Crippen LogP contribution in [-0.2, 0) is 9.53 Å². The standard InChI is InChI=1S/C15H13Cl2NO3S/c1-8-3-4-13(22-8)15(20)21-9(2)14(19)18-12-6-10(16)5-11(17)7-12/h3-7,9H,1-2H3,(H,18,19). The minimum atomic E-state index is -0.937. The van der Waals surface area contributed by atoms with Crippen LogP contribution in [0.3, 0.4) is 0 Å². The number of halogens is 2. The minimum Gasteiger partial charge on any atom is -0.448 e. The third kappa shape index (κ3) is 4.47. The van der Waals surface area contributed by atoms with Crippen LogP contribution < -0.4 is 5.32 Å². The molecule has 1 heterocycles. The molecule has 7 heteroatoms. The maximum atomic E-state index is 12.0. The smallest absolute Gasteiger partial charge is 0.349 e. The number of carbonyl (C=O) groups excluding carboxylic acids is 2. The number of aryl methyl sites for hydroxylation is 1. The van der Waals surface area contributed by atoms with Crippen molar-refractivity contribution < 1.29 is 14.3 Å². The van der Waals surface area contributed by atoms with Crippen molar-refractivity contribution in [3.63, 3.8) is 0 Å². The van der Waals surface area contributed by atoms with Crippen LogP contribution in [0.2, 0.25) is 10.0 Å². The zero-order chi connectivity index (χ0) is 16.3. The molecule has 1 amide bonds. The molecule has 2 rings (SSSR count). The van der Waals surface area contributed by atoms with E-state index in [2.05, 4.69) is 5.32 Å². The van der Waals surface area contributed by atoms with Crippen molar-refractivity contribution in [1.29, 1.82) is 0 Å². The molecule has 22 heavy (non-hydrogen) atoms. The average molecular weight is 358 g/mol. The van der Waals surface area contributed by atoms with E-state index in [1.165, 1.54) is 18.3 Å². The Bertz CT molecular complexity index is 694. The molecular weight excluding hydrogens is 345 g/mol. The Balaban J connectivity index is 1.98. The van der Waals surface area contributed by atoms with Gasteiger partial charge in [0.2, 0.25) is 0 Å². The number of nitrogens with one attached hydrogen (secondary N) is 1. The summed E-state index contributed by atoms with van der Waals surface area (Å²) in [5, 5.41) is 3.41. The third-order valence-corrected chi connectivity index (χ3v) is 4.14. The number of hydrogen-bond donors (Lipinski definition) is 1. The molecular formula is C15H13Cl2NO3S. The fraction of sp³-hybridized carbons (Fsp3) is 0.200. The van der Waals surface area contributed by atoms with Gasteiger partial charge in [0, 0.05) is 20.6 Å². The molecule has 0 aliphatic heterocycles. The summed E-state index contributed by atoms with van der Waals surface area (Å²) in [6.45, 7) is 3.39. The van der Waals surface area contributed by atoms with Gasteiger partial charge >= 0.3 is 5.97 Å². The van der Waals surface area contributed by atoms with Gasteiger partial charge < -0.3 is 10.1 Å². The lowest BCUT2D eigenvalue weighted by Crippen LogP contribution is -2.29. The van der Waals surface area contributed by atoms with Crippen LogP contribution in [0, 0.1) is 6.92 Å². The van der Waals surface area contributed by atoms with Crippen LogP contribution in [0.15, 0.2) is 30.3 Å². The minimum absolute atomic E-state index is 0.404. The van der Waals surface area contributed by atoms with Crippen molar-refractivity contribution in [2.24, 2.45) is 0 Å². The number of anilines is 1. The lowest BCUT2D eigenvalue weighted by molar-refractivity contribution is -0.123. The number of benzene rings is 1. The van der Waals surface area contributed by atoms with Crippen molar-refractivity contribution in [3.05, 3.63) is 50.1 Å². The highest BCUT2D eigenvalue weighted by Crippen LogP contribution is 2.23. The van der Waals surface area contributed by atoms with Gasteiger partial charge in [-0.1, -0.05) is 23.2 Å². The van der Waals surface area contributed by atoms with Gasteiger partial charge in [-0.3, -0.25) is 4.79 Å². The molecule has 0 aliphatic rings. The summed E-state index contributed by atoms with van der Waals surface area (Å²) >= 11 is 13.0. The van der Waals surface area contributed by atoms with Crippen molar-refractivity contribution in [2.45, 2.75) is 20.0 Å². The average Bonchev–Trinajstić information content (AvgIpc) is 2.84.